The summed E-state index contributed by atoms with van der Waals surface area (Å²) in [6.45, 7) is 3.86. The average Bonchev–Trinajstić information content (AvgIpc) is 2.35. The standard InChI is InChI=1S/C13H22O6/c1-3-4-8-19-13(17)11(15)5-6-12(16)18-9-7-10(2)14/h10,14H,3-9H2,1-2H3. The SMILES string of the molecule is CCCCOC(=O)C(=O)CCC(=O)OCCC(C)O. The summed E-state index contributed by atoms with van der Waals surface area (Å²) in [5, 5.41) is 8.95. The largest absolute Gasteiger partial charge is 0.466 e. The van der Waals surface area contributed by atoms with Crippen LogP contribution in [0.3, 0.4) is 0 Å². The molecule has 0 aliphatic carbocycles. The molecule has 0 saturated carbocycles. The summed E-state index contributed by atoms with van der Waals surface area (Å²) >= 11 is 0. The van der Waals surface area contributed by atoms with E-state index < -0.39 is 23.8 Å². The third-order valence-electron chi connectivity index (χ3n) is 2.31. The molecule has 0 aromatic carbocycles. The Hall–Kier alpha value is -1.43. The average molecular weight is 274 g/mol. The summed E-state index contributed by atoms with van der Waals surface area (Å²) in [5.41, 5.74) is 0. The normalized spacial score (nSPS) is 11.7. The van der Waals surface area contributed by atoms with Gasteiger partial charge in [-0.15, -0.1) is 0 Å². The van der Waals surface area contributed by atoms with Crippen LogP contribution >= 0.6 is 0 Å². The number of carbonyl (C=O) groups excluding carboxylic acids is 3. The molecule has 0 bridgehead atoms. The molecule has 1 atom stereocenters. The number of hydrogen-bond acceptors (Lipinski definition) is 6. The van der Waals surface area contributed by atoms with Crippen LogP contribution < -0.4 is 0 Å². The van der Waals surface area contributed by atoms with Gasteiger partial charge in [-0.05, 0) is 13.3 Å². The Morgan fingerprint density at radius 3 is 2.37 bits per heavy atom. The molecule has 0 rings (SSSR count). The van der Waals surface area contributed by atoms with Crippen molar-refractivity contribution in [2.45, 2.75) is 52.1 Å². The van der Waals surface area contributed by atoms with Gasteiger partial charge in [0.15, 0.2) is 0 Å². The first-order chi connectivity index (χ1) is 8.97. The number of rotatable bonds is 10. The van der Waals surface area contributed by atoms with Gasteiger partial charge >= 0.3 is 11.9 Å². The van der Waals surface area contributed by atoms with E-state index in [1.54, 1.807) is 6.92 Å². The van der Waals surface area contributed by atoms with E-state index >= 15 is 0 Å². The predicted octanol–water partition coefficient (Wildman–Crippen LogP) is 0.993. The molecule has 1 unspecified atom stereocenters. The molecular formula is C13H22O6. The zero-order chi connectivity index (χ0) is 14.7. The number of unbranched alkanes of at least 4 members (excludes halogenated alkanes) is 1. The molecule has 0 aliphatic heterocycles. The number of aliphatic hydroxyl groups is 1. The van der Waals surface area contributed by atoms with Crippen LogP contribution in [0.1, 0.15) is 46.0 Å². The van der Waals surface area contributed by atoms with Crippen LogP contribution in [0.15, 0.2) is 0 Å². The molecule has 110 valence electrons. The minimum Gasteiger partial charge on any atom is -0.466 e. The fourth-order valence-corrected chi connectivity index (χ4v) is 1.12. The summed E-state index contributed by atoms with van der Waals surface area (Å²) in [5.74, 6) is -2.18. The second-order valence-corrected chi connectivity index (χ2v) is 4.27. The van der Waals surface area contributed by atoms with E-state index in [4.69, 9.17) is 14.6 Å². The molecule has 1 N–H and O–H groups in total. The molecule has 0 aromatic rings. The van der Waals surface area contributed by atoms with Gasteiger partial charge < -0.3 is 14.6 Å². The van der Waals surface area contributed by atoms with Gasteiger partial charge in [0.2, 0.25) is 5.78 Å². The molecular weight excluding hydrogens is 252 g/mol. The molecule has 6 heteroatoms. The van der Waals surface area contributed by atoms with Crippen molar-refractivity contribution in [1.29, 1.82) is 0 Å². The van der Waals surface area contributed by atoms with Gasteiger partial charge in [0.05, 0.1) is 25.7 Å². The Kier molecular flexibility index (Phi) is 9.70. The lowest BCUT2D eigenvalue weighted by atomic mass is 10.2. The lowest BCUT2D eigenvalue weighted by Gasteiger charge is -2.06. The molecule has 0 aromatic heterocycles. The van der Waals surface area contributed by atoms with E-state index in [0.717, 1.165) is 6.42 Å². The number of Topliss-reactive ketones (excluding diaryl/α,β-unsaturated/α-hetero) is 1. The molecule has 0 spiro atoms. The van der Waals surface area contributed by atoms with Gasteiger partial charge in [-0.1, -0.05) is 13.3 Å². The highest BCUT2D eigenvalue weighted by Crippen LogP contribution is 1.99. The topological polar surface area (TPSA) is 89.9 Å². The highest BCUT2D eigenvalue weighted by molar-refractivity contribution is 6.33. The number of hydrogen-bond donors (Lipinski definition) is 1. The number of aliphatic hydroxyl groups excluding tert-OH is 1. The van der Waals surface area contributed by atoms with Gasteiger partial charge in [0.25, 0.3) is 0 Å². The summed E-state index contributed by atoms with van der Waals surface area (Å²) < 4.78 is 9.49. The first-order valence-electron chi connectivity index (χ1n) is 6.51. The molecule has 0 aliphatic rings. The second kappa shape index (κ2) is 10.5. The van der Waals surface area contributed by atoms with Crippen LogP contribution in [0.25, 0.3) is 0 Å². The van der Waals surface area contributed by atoms with Crippen molar-refractivity contribution in [3.05, 3.63) is 0 Å². The Bertz CT molecular complexity index is 298. The first kappa shape index (κ1) is 17.6. The van der Waals surface area contributed by atoms with Gasteiger partial charge in [0.1, 0.15) is 0 Å². The third-order valence-corrected chi connectivity index (χ3v) is 2.31. The quantitative estimate of drug-likeness (QED) is 0.363. The fraction of sp³-hybridized carbons (Fsp3) is 0.769. The summed E-state index contributed by atoms with van der Waals surface area (Å²) in [4.78, 5) is 33.7. The van der Waals surface area contributed by atoms with Crippen molar-refractivity contribution in [3.8, 4) is 0 Å². The lowest BCUT2D eigenvalue weighted by molar-refractivity contribution is -0.155. The maximum absolute atomic E-state index is 11.3. The summed E-state index contributed by atoms with van der Waals surface area (Å²) in [6, 6.07) is 0. The third kappa shape index (κ3) is 10.2. The van der Waals surface area contributed by atoms with Crippen molar-refractivity contribution >= 4 is 17.7 Å². The van der Waals surface area contributed by atoms with E-state index in [1.807, 2.05) is 6.92 Å². The van der Waals surface area contributed by atoms with E-state index in [-0.39, 0.29) is 26.1 Å². The smallest absolute Gasteiger partial charge is 0.374 e. The van der Waals surface area contributed by atoms with Crippen LogP contribution in [-0.2, 0) is 23.9 Å². The lowest BCUT2D eigenvalue weighted by Crippen LogP contribution is -2.19. The van der Waals surface area contributed by atoms with E-state index in [2.05, 4.69) is 0 Å². The van der Waals surface area contributed by atoms with Crippen LogP contribution in [-0.4, -0.2) is 42.1 Å². The molecule has 0 saturated heterocycles. The highest BCUT2D eigenvalue weighted by atomic mass is 16.5. The van der Waals surface area contributed by atoms with Gasteiger partial charge in [-0.2, -0.15) is 0 Å². The van der Waals surface area contributed by atoms with Gasteiger partial charge in [-0.3, -0.25) is 9.59 Å². The summed E-state index contributed by atoms with van der Waals surface area (Å²) in [6.07, 6.45) is 1.03. The molecule has 0 radical (unpaired) electrons. The molecule has 0 fully saturated rings. The maximum atomic E-state index is 11.3. The van der Waals surface area contributed by atoms with Crippen LogP contribution in [0.5, 0.6) is 0 Å². The Morgan fingerprint density at radius 1 is 1.11 bits per heavy atom. The minimum absolute atomic E-state index is 0.103. The maximum Gasteiger partial charge on any atom is 0.374 e. The predicted molar refractivity (Wildman–Crippen MR) is 67.4 cm³/mol. The Balaban J connectivity index is 3.71. The monoisotopic (exact) mass is 274 g/mol. The van der Waals surface area contributed by atoms with Crippen molar-refractivity contribution in [2.24, 2.45) is 0 Å². The highest BCUT2D eigenvalue weighted by Gasteiger charge is 2.17. The Labute approximate surface area is 113 Å². The molecule has 0 amide bonds. The van der Waals surface area contributed by atoms with Crippen LogP contribution in [0.2, 0.25) is 0 Å². The zero-order valence-corrected chi connectivity index (χ0v) is 11.5. The molecule has 6 nitrogen and oxygen atoms in total. The first-order valence-corrected chi connectivity index (χ1v) is 6.51. The second-order valence-electron chi connectivity index (χ2n) is 4.27. The minimum atomic E-state index is -0.898. The van der Waals surface area contributed by atoms with Crippen molar-refractivity contribution < 1.29 is 29.0 Å². The van der Waals surface area contributed by atoms with E-state index in [9.17, 15) is 14.4 Å². The van der Waals surface area contributed by atoms with Crippen molar-refractivity contribution in [3.63, 3.8) is 0 Å². The van der Waals surface area contributed by atoms with Gasteiger partial charge in [-0.25, -0.2) is 4.79 Å². The Morgan fingerprint density at radius 2 is 1.79 bits per heavy atom. The number of ketones is 1. The number of esters is 2. The summed E-state index contributed by atoms with van der Waals surface area (Å²) in [7, 11) is 0. The van der Waals surface area contributed by atoms with Crippen LogP contribution in [0, 0.1) is 0 Å². The van der Waals surface area contributed by atoms with Crippen LogP contribution in [0.4, 0.5) is 0 Å². The number of ether oxygens (including phenoxy) is 2. The van der Waals surface area contributed by atoms with E-state index in [0.29, 0.717) is 12.8 Å². The molecule has 0 heterocycles. The fourth-order valence-electron chi connectivity index (χ4n) is 1.12. The zero-order valence-electron chi connectivity index (χ0n) is 11.5. The van der Waals surface area contributed by atoms with Gasteiger partial charge in [0, 0.05) is 12.8 Å². The van der Waals surface area contributed by atoms with E-state index in [1.165, 1.54) is 0 Å². The van der Waals surface area contributed by atoms with Crippen molar-refractivity contribution in [1.82, 2.24) is 0 Å². The number of carbonyl (C=O) groups is 3. The molecule has 19 heavy (non-hydrogen) atoms. The van der Waals surface area contributed by atoms with Crippen molar-refractivity contribution in [2.75, 3.05) is 13.2 Å².